The van der Waals surface area contributed by atoms with E-state index in [9.17, 15) is 0 Å². The first-order valence-electron chi connectivity index (χ1n) is 0. The predicted octanol–water partition coefficient (Wildman–Crippen LogP) is 69.4. The van der Waals surface area contributed by atoms with Crippen molar-refractivity contribution in [3.63, 3.8) is 0 Å². The van der Waals surface area contributed by atoms with E-state index in [1.54, 1.807) is 0 Å². The zero-order valence-corrected chi connectivity index (χ0v) is 340. The first-order chi connectivity index (χ1) is 0. The minimum Gasteiger partial charge on any atom is -1.00 e. The molecule has 0 N–H and O–H groups in total. The van der Waals surface area contributed by atoms with Crippen LogP contribution in [0.15, 0.2) is 0 Å². The van der Waals surface area contributed by atoms with Gasteiger partial charge in [-0.05, 0) is 0 Å². The number of hydrogen-bond donors (Lipinski definition) is 0. The average molecular weight is 15800 g/mol. The van der Waals surface area contributed by atoms with Crippen LogP contribution >= 0.6 is 2930 Å². The van der Waals surface area contributed by atoms with E-state index in [4.69, 9.17) is 0 Å². The molecule has 0 atom stereocenters. The molecule has 0 rings (SSSR count). The molecule has 0 unspecified atom stereocenters. The number of rotatable bonds is 0. The van der Waals surface area contributed by atoms with E-state index >= 15 is 0 Å². The van der Waals surface area contributed by atoms with Crippen LogP contribution in [-0.4, -0.2) is 0 Å². The Morgan fingerprint density at radius 3 is 0.0242 bits per heavy atom. The Balaban J connectivity index is 0. The summed E-state index contributed by atoms with van der Waals surface area (Å²) in [6.07, 6.45) is 0. The maximum Gasteiger partial charge on any atom is 1.00 e. The molecule has 0 radical (unpaired) electrons. The molecular formula is H122I123Na. The van der Waals surface area contributed by atoms with E-state index in [1.165, 1.54) is 0 Å². The average Bonchev–Trinajstić information content (AvgIpc) is 0. The predicted molar refractivity (Wildman–Crippen MR) is 1880 cm³/mol. The van der Waals surface area contributed by atoms with Gasteiger partial charge in [0.25, 0.3) is 0 Å². The van der Waals surface area contributed by atoms with Gasteiger partial charge in [-0.2, -0.15) is 0 Å². The van der Waals surface area contributed by atoms with E-state index in [0.29, 0.717) is 0 Å². The van der Waals surface area contributed by atoms with Crippen LogP contribution in [-0.2, 0) is 0 Å². The zero-order chi connectivity index (χ0) is 0. The quantitative estimate of drug-likeness (QED) is 0.168. The molecule has 0 bridgehead atoms. The van der Waals surface area contributed by atoms with Crippen LogP contribution in [0.4, 0.5) is 0 Å². The maximum atomic E-state index is 0. The van der Waals surface area contributed by atoms with Crippen molar-refractivity contribution in [2.24, 2.45) is 0 Å². The van der Waals surface area contributed by atoms with Gasteiger partial charge < -0.3 is 24.0 Å². The second-order valence-corrected chi connectivity index (χ2v) is 0. The Morgan fingerprint density at radius 1 is 0.0242 bits per heavy atom. The van der Waals surface area contributed by atoms with Crippen LogP contribution in [0, 0.1) is 0 Å². The second kappa shape index (κ2) is 1170. The van der Waals surface area contributed by atoms with Gasteiger partial charge in [0.1, 0.15) is 0 Å². The van der Waals surface area contributed by atoms with E-state index in [2.05, 4.69) is 0 Å². The molecule has 0 saturated heterocycles. The summed E-state index contributed by atoms with van der Waals surface area (Å²) in [4.78, 5) is 0. The molecule has 0 fully saturated rings. The van der Waals surface area contributed by atoms with Gasteiger partial charge in [0.15, 0.2) is 0 Å². The van der Waals surface area contributed by atoms with Gasteiger partial charge in [-0.15, -0.1) is 2930 Å². The third kappa shape index (κ3) is 1160. The summed E-state index contributed by atoms with van der Waals surface area (Å²) in [7, 11) is 0. The summed E-state index contributed by atoms with van der Waals surface area (Å²) in [6.45, 7) is 0. The monoisotopic (exact) mass is 15800 g/mol. The maximum absolute atomic E-state index is 0. The summed E-state index contributed by atoms with van der Waals surface area (Å²) < 4.78 is 0. The van der Waals surface area contributed by atoms with E-state index < -0.39 is 0 Å². The fourth-order valence-electron chi connectivity index (χ4n) is 0. The molecule has 0 nitrogen and oxygen atoms in total. The third-order valence-electron chi connectivity index (χ3n) is 0. The van der Waals surface area contributed by atoms with Crippen molar-refractivity contribution >= 4 is 2930 Å². The molecule has 984 valence electrons. The minimum atomic E-state index is 0. The molecular weight excluding hydrogens is 15600 g/mol. The standard InChI is InChI=1S/123HI.Na/h123*1H;/q;;;;;;;;;;;;;;;;;;;;;;;;;;;;;;;;;;;;;;;;;;;;;;;;;;;;;;;;;;;;;;;;;;;;;;;;;;;;;;;;;;;;;;;;;;;;;;;;;;;;;;;;;;;;;;;;;;;;;;;;;;;+1/p-1. The molecule has 0 spiro atoms. The first-order valence-corrected chi connectivity index (χ1v) is 0. The molecule has 0 aliphatic rings. The van der Waals surface area contributed by atoms with E-state index in [-0.39, 0.29) is 2980 Å². The van der Waals surface area contributed by atoms with Crippen LogP contribution in [0.1, 0.15) is 0 Å². The Kier molecular flexibility index (Phi) is 11300. The number of halogens is 123. The molecule has 124 heteroatoms. The van der Waals surface area contributed by atoms with E-state index in [1.807, 2.05) is 0 Å². The summed E-state index contributed by atoms with van der Waals surface area (Å²) in [6, 6.07) is 0. The zero-order valence-electron chi connectivity index (χ0n) is 51.2. The number of hydrogen-bond acceptors (Lipinski definition) is 0. The van der Waals surface area contributed by atoms with Gasteiger partial charge in [-0.1, -0.05) is 0 Å². The Bertz CT molecular complexity index is 8.39. The van der Waals surface area contributed by atoms with Gasteiger partial charge in [0.05, 0.1) is 0 Å². The normalized spacial score (nSPS) is 0. The Labute approximate surface area is 2880 Å². The van der Waals surface area contributed by atoms with Crippen molar-refractivity contribution in [3.05, 3.63) is 0 Å². The van der Waals surface area contributed by atoms with Crippen LogP contribution in [0.5, 0.6) is 0 Å². The molecule has 0 amide bonds. The second-order valence-electron chi connectivity index (χ2n) is 0. The van der Waals surface area contributed by atoms with Gasteiger partial charge in [0, 0.05) is 0 Å². The molecule has 0 saturated carbocycles. The van der Waals surface area contributed by atoms with Gasteiger partial charge in [-0.3, -0.25) is 0 Å². The van der Waals surface area contributed by atoms with Crippen LogP contribution in [0.3, 0.4) is 0 Å². The van der Waals surface area contributed by atoms with Crippen molar-refractivity contribution in [1.82, 2.24) is 0 Å². The largest absolute Gasteiger partial charge is 1.00 e. The molecule has 0 aromatic rings. The topological polar surface area (TPSA) is 0 Å². The molecule has 0 aromatic carbocycles. The molecule has 0 aromatic heterocycles. The molecule has 0 heterocycles. The summed E-state index contributed by atoms with van der Waals surface area (Å²) >= 11 is 0. The molecule has 0 aliphatic heterocycles. The minimum absolute atomic E-state index is 0. The summed E-state index contributed by atoms with van der Waals surface area (Å²) in [5.41, 5.74) is 0. The first kappa shape index (κ1) is 1190. The van der Waals surface area contributed by atoms with Crippen LogP contribution in [0.2, 0.25) is 0 Å². The van der Waals surface area contributed by atoms with Crippen LogP contribution in [0.25, 0.3) is 0 Å². The fourth-order valence-corrected chi connectivity index (χ4v) is 0. The SMILES string of the molecule is I.I.I.I.I.I.I.I.I.I.I.I.I.I.I.I.I.I.I.I.I.I.I.I.I.I.I.I.I.I.I.I.I.I.I.I.I.I.I.I.I.I.I.I.I.I.I.I.I.I.I.I.I.I.I.I.I.I.I.I.I.I.I.I.I.I.I.I.I.I.I.I.I.I.I.I.I.I.I.I.I.I.I.I.I.I.I.I.I.I.I.I.I.I.I.I.I.I.I.I.I.I.I.I.I.I.I.I.I.I.I.I.I.I.I.I.I.I.I.I.I.I.[I-].[Na+]. The summed E-state index contributed by atoms with van der Waals surface area (Å²) in [5, 5.41) is 0. The van der Waals surface area contributed by atoms with E-state index in [0.717, 1.165) is 0 Å². The molecule has 124 heavy (non-hydrogen) atoms. The van der Waals surface area contributed by atoms with Crippen molar-refractivity contribution in [3.8, 4) is 0 Å². The van der Waals surface area contributed by atoms with Gasteiger partial charge >= 0.3 is 29.6 Å². The van der Waals surface area contributed by atoms with Crippen molar-refractivity contribution in [2.75, 3.05) is 0 Å². The summed E-state index contributed by atoms with van der Waals surface area (Å²) in [5.74, 6) is 0. The molecule has 0 aliphatic carbocycles. The van der Waals surface area contributed by atoms with Crippen molar-refractivity contribution in [1.29, 1.82) is 0 Å². The fraction of sp³-hybridized carbons (Fsp3) is 0. The van der Waals surface area contributed by atoms with Crippen molar-refractivity contribution in [2.45, 2.75) is 0 Å². The Morgan fingerprint density at radius 2 is 0.0242 bits per heavy atom. The Hall–Kier alpha value is 90.8. The van der Waals surface area contributed by atoms with Crippen molar-refractivity contribution < 1.29 is 53.5 Å². The van der Waals surface area contributed by atoms with Gasteiger partial charge in [-0.25, -0.2) is 0 Å². The van der Waals surface area contributed by atoms with Gasteiger partial charge in [0.2, 0.25) is 0 Å². The van der Waals surface area contributed by atoms with Crippen LogP contribution < -0.4 is 53.5 Å². The smallest absolute Gasteiger partial charge is 1.00 e. The third-order valence-corrected chi connectivity index (χ3v) is 0.